The van der Waals surface area contributed by atoms with Crippen molar-refractivity contribution in [3.8, 4) is 12.1 Å². The second-order valence-corrected chi connectivity index (χ2v) is 4.21. The molecule has 0 N–H and O–H groups in total. The zero-order valence-electron chi connectivity index (χ0n) is 9.85. The van der Waals surface area contributed by atoms with E-state index in [2.05, 4.69) is 29.0 Å². The third kappa shape index (κ3) is 2.22. The number of nitriles is 2. The van der Waals surface area contributed by atoms with Gasteiger partial charge in [0.2, 0.25) is 0 Å². The van der Waals surface area contributed by atoms with Crippen LogP contribution >= 0.6 is 0 Å². The fourth-order valence-electron chi connectivity index (χ4n) is 2.06. The van der Waals surface area contributed by atoms with Crippen LogP contribution in [0.1, 0.15) is 11.1 Å². The molecule has 0 bridgehead atoms. The molecular weight excluding hydrogens is 212 g/mol. The monoisotopic (exact) mass is 226 g/mol. The second kappa shape index (κ2) is 4.86. The lowest BCUT2D eigenvalue weighted by molar-refractivity contribution is 0.313. The van der Waals surface area contributed by atoms with Crippen molar-refractivity contribution in [3.63, 3.8) is 0 Å². The summed E-state index contributed by atoms with van der Waals surface area (Å²) in [5.41, 5.74) is 1.85. The molecule has 0 amide bonds. The number of nitrogens with zero attached hydrogens (tertiary/aromatic N) is 4. The van der Waals surface area contributed by atoms with Gasteiger partial charge >= 0.3 is 0 Å². The van der Waals surface area contributed by atoms with Crippen molar-refractivity contribution in [1.82, 2.24) is 4.90 Å². The van der Waals surface area contributed by atoms with Gasteiger partial charge in [-0.25, -0.2) is 0 Å². The fourth-order valence-corrected chi connectivity index (χ4v) is 2.06. The van der Waals surface area contributed by atoms with E-state index in [0.29, 0.717) is 11.1 Å². The molecule has 1 aromatic carbocycles. The molecule has 1 heterocycles. The van der Waals surface area contributed by atoms with Crippen molar-refractivity contribution < 1.29 is 0 Å². The van der Waals surface area contributed by atoms with E-state index in [1.54, 1.807) is 6.07 Å². The van der Waals surface area contributed by atoms with Crippen molar-refractivity contribution in [2.45, 2.75) is 0 Å². The summed E-state index contributed by atoms with van der Waals surface area (Å²) in [6.45, 7) is 3.78. The Bertz CT molecular complexity index is 487. The Hall–Kier alpha value is -2.04. The summed E-state index contributed by atoms with van der Waals surface area (Å²) in [6, 6.07) is 9.68. The molecule has 0 spiro atoms. The summed E-state index contributed by atoms with van der Waals surface area (Å²) < 4.78 is 0. The number of hydrogen-bond donors (Lipinski definition) is 0. The van der Waals surface area contributed by atoms with Crippen LogP contribution in [0.5, 0.6) is 0 Å². The van der Waals surface area contributed by atoms with Crippen molar-refractivity contribution in [1.29, 1.82) is 10.5 Å². The Morgan fingerprint density at radius 3 is 2.35 bits per heavy atom. The van der Waals surface area contributed by atoms with E-state index in [1.165, 1.54) is 0 Å². The van der Waals surface area contributed by atoms with E-state index in [9.17, 15) is 5.26 Å². The molecule has 86 valence electrons. The second-order valence-electron chi connectivity index (χ2n) is 4.21. The van der Waals surface area contributed by atoms with Gasteiger partial charge in [-0.05, 0) is 19.2 Å². The van der Waals surface area contributed by atoms with Crippen molar-refractivity contribution in [2.24, 2.45) is 0 Å². The maximum Gasteiger partial charge on any atom is 0.103 e. The van der Waals surface area contributed by atoms with E-state index in [4.69, 9.17) is 5.26 Å². The zero-order valence-corrected chi connectivity index (χ0v) is 9.85. The number of benzene rings is 1. The molecule has 0 unspecified atom stereocenters. The highest BCUT2D eigenvalue weighted by atomic mass is 15.2. The van der Waals surface area contributed by atoms with Gasteiger partial charge in [-0.3, -0.25) is 0 Å². The average Bonchev–Trinajstić information content (AvgIpc) is 2.38. The van der Waals surface area contributed by atoms with Crippen LogP contribution < -0.4 is 4.90 Å². The summed E-state index contributed by atoms with van der Waals surface area (Å²) in [4.78, 5) is 4.44. The van der Waals surface area contributed by atoms with Crippen molar-refractivity contribution in [3.05, 3.63) is 29.3 Å². The molecule has 0 atom stereocenters. The molecular formula is C13H14N4. The van der Waals surface area contributed by atoms with Gasteiger partial charge in [0, 0.05) is 26.2 Å². The lowest BCUT2D eigenvalue weighted by atomic mass is 10.1. The van der Waals surface area contributed by atoms with Crippen LogP contribution in [0, 0.1) is 22.7 Å². The van der Waals surface area contributed by atoms with Crippen LogP contribution in [0.25, 0.3) is 0 Å². The average molecular weight is 226 g/mol. The van der Waals surface area contributed by atoms with Crippen molar-refractivity contribution in [2.75, 3.05) is 38.1 Å². The van der Waals surface area contributed by atoms with Crippen LogP contribution in [0.2, 0.25) is 0 Å². The number of piperazine rings is 1. The Morgan fingerprint density at radius 1 is 1.06 bits per heavy atom. The highest BCUT2D eigenvalue weighted by Crippen LogP contribution is 2.23. The third-order valence-corrected chi connectivity index (χ3v) is 3.12. The molecule has 1 aliphatic rings. The van der Waals surface area contributed by atoms with E-state index in [1.807, 2.05) is 12.1 Å². The fraction of sp³-hybridized carbons (Fsp3) is 0.385. The molecule has 4 nitrogen and oxygen atoms in total. The Morgan fingerprint density at radius 2 is 1.76 bits per heavy atom. The Labute approximate surface area is 101 Å². The lowest BCUT2D eigenvalue weighted by Gasteiger charge is -2.34. The molecule has 17 heavy (non-hydrogen) atoms. The third-order valence-electron chi connectivity index (χ3n) is 3.12. The number of anilines is 1. The molecule has 1 aliphatic heterocycles. The van der Waals surface area contributed by atoms with E-state index >= 15 is 0 Å². The van der Waals surface area contributed by atoms with E-state index in [0.717, 1.165) is 31.9 Å². The molecule has 1 saturated heterocycles. The van der Waals surface area contributed by atoms with Crippen molar-refractivity contribution >= 4 is 5.69 Å². The SMILES string of the molecule is CN1CCN(c2cccc(C#N)c2C#N)CC1. The van der Waals surface area contributed by atoms with Crippen LogP contribution in [0.15, 0.2) is 18.2 Å². The molecule has 4 heteroatoms. The number of likely N-dealkylation sites (N-methyl/N-ethyl adjacent to an activating group) is 1. The largest absolute Gasteiger partial charge is 0.368 e. The van der Waals surface area contributed by atoms with Gasteiger partial charge in [0.25, 0.3) is 0 Å². The molecule has 0 aromatic heterocycles. The number of hydrogen-bond acceptors (Lipinski definition) is 4. The molecule has 0 radical (unpaired) electrons. The first-order valence-electron chi connectivity index (χ1n) is 5.63. The Kier molecular flexibility index (Phi) is 3.27. The summed E-state index contributed by atoms with van der Waals surface area (Å²) in [5.74, 6) is 0. The van der Waals surface area contributed by atoms with Gasteiger partial charge in [-0.15, -0.1) is 0 Å². The highest BCUT2D eigenvalue weighted by molar-refractivity contribution is 5.65. The molecule has 2 rings (SSSR count). The lowest BCUT2D eigenvalue weighted by Crippen LogP contribution is -2.44. The smallest absolute Gasteiger partial charge is 0.103 e. The maximum atomic E-state index is 9.17. The first-order valence-corrected chi connectivity index (χ1v) is 5.63. The van der Waals surface area contributed by atoms with E-state index in [-0.39, 0.29) is 0 Å². The highest BCUT2D eigenvalue weighted by Gasteiger charge is 2.18. The minimum absolute atomic E-state index is 0.462. The van der Waals surface area contributed by atoms with Gasteiger partial charge in [-0.2, -0.15) is 10.5 Å². The first-order chi connectivity index (χ1) is 8.26. The molecule has 1 aromatic rings. The predicted molar refractivity (Wildman–Crippen MR) is 65.6 cm³/mol. The zero-order chi connectivity index (χ0) is 12.3. The van der Waals surface area contributed by atoms with Gasteiger partial charge in [0.15, 0.2) is 0 Å². The maximum absolute atomic E-state index is 9.17. The van der Waals surface area contributed by atoms with Crippen LogP contribution in [-0.2, 0) is 0 Å². The molecule has 0 aliphatic carbocycles. The first kappa shape index (κ1) is 11.4. The van der Waals surface area contributed by atoms with Gasteiger partial charge in [0.05, 0.1) is 16.8 Å². The standard InChI is InChI=1S/C13H14N4/c1-16-5-7-17(8-6-16)13-4-2-3-11(9-14)12(13)10-15/h2-4H,5-8H2,1H3. The minimum Gasteiger partial charge on any atom is -0.368 e. The molecule has 1 fully saturated rings. The normalized spacial score (nSPS) is 16.3. The summed E-state index contributed by atoms with van der Waals surface area (Å²) >= 11 is 0. The summed E-state index contributed by atoms with van der Waals surface area (Å²) in [6.07, 6.45) is 0. The van der Waals surface area contributed by atoms with Crippen LogP contribution in [0.4, 0.5) is 5.69 Å². The van der Waals surface area contributed by atoms with Crippen LogP contribution in [-0.4, -0.2) is 38.1 Å². The topological polar surface area (TPSA) is 54.1 Å². The molecule has 0 saturated carbocycles. The van der Waals surface area contributed by atoms with Gasteiger partial charge in [0.1, 0.15) is 12.1 Å². The Balaban J connectivity index is 2.33. The predicted octanol–water partition coefficient (Wildman–Crippen LogP) is 1.18. The minimum atomic E-state index is 0.462. The summed E-state index contributed by atoms with van der Waals surface area (Å²) in [5, 5.41) is 18.2. The van der Waals surface area contributed by atoms with E-state index < -0.39 is 0 Å². The summed E-state index contributed by atoms with van der Waals surface area (Å²) in [7, 11) is 2.09. The quantitative estimate of drug-likeness (QED) is 0.721. The van der Waals surface area contributed by atoms with Gasteiger partial charge in [-0.1, -0.05) is 6.07 Å². The number of rotatable bonds is 1. The van der Waals surface area contributed by atoms with Gasteiger partial charge < -0.3 is 9.80 Å². The van der Waals surface area contributed by atoms with Crippen LogP contribution in [0.3, 0.4) is 0 Å².